The van der Waals surface area contributed by atoms with Crippen molar-refractivity contribution < 1.29 is 4.74 Å². The van der Waals surface area contributed by atoms with Gasteiger partial charge < -0.3 is 9.30 Å². The molecule has 0 unspecified atom stereocenters. The van der Waals surface area contributed by atoms with Crippen LogP contribution in [0.15, 0.2) is 30.9 Å². The number of methoxy groups -OCH3 is 1. The summed E-state index contributed by atoms with van der Waals surface area (Å²) in [4.78, 5) is 6.60. The van der Waals surface area contributed by atoms with E-state index in [0.29, 0.717) is 17.8 Å². The fourth-order valence-corrected chi connectivity index (χ4v) is 2.88. The lowest BCUT2D eigenvalue weighted by atomic mass is 9.93. The summed E-state index contributed by atoms with van der Waals surface area (Å²) in [6.45, 7) is 5.26. The first kappa shape index (κ1) is 14.0. The SMILES string of the molecule is COc1ccc(CN2CC[C@H](C)[C@H](n3ccnc3)C2)nn1. The number of piperidine rings is 1. The highest BCUT2D eigenvalue weighted by Crippen LogP contribution is 2.28. The largest absolute Gasteiger partial charge is 0.480 e. The van der Waals surface area contributed by atoms with Crippen LogP contribution in [0, 0.1) is 5.92 Å². The minimum atomic E-state index is 0.479. The molecule has 0 aromatic carbocycles. The summed E-state index contributed by atoms with van der Waals surface area (Å²) in [6.07, 6.45) is 7.00. The fraction of sp³-hybridized carbons (Fsp3) is 0.533. The third-order valence-corrected chi connectivity index (χ3v) is 4.20. The number of imidazole rings is 1. The lowest BCUT2D eigenvalue weighted by molar-refractivity contribution is 0.125. The van der Waals surface area contributed by atoms with Crippen LogP contribution < -0.4 is 4.74 Å². The molecule has 3 heterocycles. The molecular weight excluding hydrogens is 266 g/mol. The topological polar surface area (TPSA) is 56.1 Å². The molecule has 0 radical (unpaired) electrons. The average Bonchev–Trinajstić information content (AvgIpc) is 3.04. The van der Waals surface area contributed by atoms with Crippen LogP contribution in [0.3, 0.4) is 0 Å². The van der Waals surface area contributed by atoms with Crippen LogP contribution >= 0.6 is 0 Å². The molecule has 2 aromatic heterocycles. The molecule has 1 aliphatic rings. The molecule has 6 heteroatoms. The Kier molecular flexibility index (Phi) is 4.15. The van der Waals surface area contributed by atoms with Gasteiger partial charge in [-0.2, -0.15) is 5.10 Å². The van der Waals surface area contributed by atoms with Gasteiger partial charge in [0.05, 0.1) is 19.1 Å². The molecule has 0 N–H and O–H groups in total. The van der Waals surface area contributed by atoms with Gasteiger partial charge in [-0.1, -0.05) is 6.92 Å². The van der Waals surface area contributed by atoms with Crippen molar-refractivity contribution in [2.75, 3.05) is 20.2 Å². The van der Waals surface area contributed by atoms with Crippen LogP contribution in [0.4, 0.5) is 0 Å². The van der Waals surface area contributed by atoms with Crippen LogP contribution in [-0.4, -0.2) is 44.8 Å². The maximum Gasteiger partial charge on any atom is 0.233 e. The predicted octanol–water partition coefficient (Wildman–Crippen LogP) is 1.76. The standard InChI is InChI=1S/C15H21N5O/c1-12-5-7-19(10-14(12)20-8-6-16-11-20)9-13-3-4-15(21-2)18-17-13/h3-4,6,8,11-12,14H,5,7,9-10H2,1-2H3/t12-,14+/m0/s1. The quantitative estimate of drug-likeness (QED) is 0.857. The number of hydrogen-bond donors (Lipinski definition) is 0. The lowest BCUT2D eigenvalue weighted by Crippen LogP contribution is -2.40. The normalized spacial score (nSPS) is 23.1. The molecule has 0 spiro atoms. The van der Waals surface area contributed by atoms with Crippen molar-refractivity contribution in [3.05, 3.63) is 36.5 Å². The van der Waals surface area contributed by atoms with Crippen LogP contribution in [0.25, 0.3) is 0 Å². The third-order valence-electron chi connectivity index (χ3n) is 4.20. The Balaban J connectivity index is 1.65. The van der Waals surface area contributed by atoms with Gasteiger partial charge in [-0.05, 0) is 24.9 Å². The van der Waals surface area contributed by atoms with Crippen molar-refractivity contribution >= 4 is 0 Å². The van der Waals surface area contributed by atoms with E-state index in [1.165, 1.54) is 6.42 Å². The van der Waals surface area contributed by atoms with E-state index in [0.717, 1.165) is 25.3 Å². The van der Waals surface area contributed by atoms with Crippen molar-refractivity contribution in [2.24, 2.45) is 5.92 Å². The van der Waals surface area contributed by atoms with Crippen molar-refractivity contribution in [2.45, 2.75) is 25.9 Å². The molecular formula is C15H21N5O. The maximum atomic E-state index is 5.04. The summed E-state index contributed by atoms with van der Waals surface area (Å²) in [5.74, 6) is 1.22. The summed E-state index contributed by atoms with van der Waals surface area (Å²) < 4.78 is 7.26. The number of likely N-dealkylation sites (tertiary alicyclic amines) is 1. The Morgan fingerprint density at radius 1 is 1.33 bits per heavy atom. The van der Waals surface area contributed by atoms with Gasteiger partial charge in [0.25, 0.3) is 0 Å². The Hall–Kier alpha value is -1.95. The molecule has 2 atom stereocenters. The van der Waals surface area contributed by atoms with Gasteiger partial charge >= 0.3 is 0 Å². The maximum absolute atomic E-state index is 5.04. The zero-order chi connectivity index (χ0) is 14.7. The first-order valence-electron chi connectivity index (χ1n) is 7.32. The first-order valence-corrected chi connectivity index (χ1v) is 7.32. The highest BCUT2D eigenvalue weighted by Gasteiger charge is 2.27. The number of ether oxygens (including phenoxy) is 1. The Morgan fingerprint density at radius 3 is 2.90 bits per heavy atom. The Bertz CT molecular complexity index is 554. The van der Waals surface area contributed by atoms with Crippen LogP contribution in [-0.2, 0) is 6.54 Å². The summed E-state index contributed by atoms with van der Waals surface area (Å²) in [7, 11) is 1.60. The molecule has 21 heavy (non-hydrogen) atoms. The molecule has 0 bridgehead atoms. The number of nitrogens with zero attached hydrogens (tertiary/aromatic N) is 5. The zero-order valence-corrected chi connectivity index (χ0v) is 12.5. The fourth-order valence-electron chi connectivity index (χ4n) is 2.88. The first-order chi connectivity index (χ1) is 10.3. The Labute approximate surface area is 124 Å². The van der Waals surface area contributed by atoms with E-state index in [9.17, 15) is 0 Å². The molecule has 1 aliphatic heterocycles. The summed E-state index contributed by atoms with van der Waals surface area (Å²) in [5, 5.41) is 8.25. The molecule has 2 aromatic rings. The second-order valence-electron chi connectivity index (χ2n) is 5.65. The molecule has 0 saturated carbocycles. The van der Waals surface area contributed by atoms with Crippen LogP contribution in [0.2, 0.25) is 0 Å². The average molecular weight is 287 g/mol. The second kappa shape index (κ2) is 6.22. The minimum Gasteiger partial charge on any atom is -0.480 e. The van der Waals surface area contributed by atoms with E-state index in [1.54, 1.807) is 7.11 Å². The van der Waals surface area contributed by atoms with E-state index in [-0.39, 0.29) is 0 Å². The number of aromatic nitrogens is 4. The van der Waals surface area contributed by atoms with Gasteiger partial charge in [0.2, 0.25) is 5.88 Å². The molecule has 1 fully saturated rings. The molecule has 0 aliphatic carbocycles. The van der Waals surface area contributed by atoms with Crippen molar-refractivity contribution in [1.82, 2.24) is 24.6 Å². The number of hydrogen-bond acceptors (Lipinski definition) is 5. The second-order valence-corrected chi connectivity index (χ2v) is 5.65. The molecule has 1 saturated heterocycles. The number of rotatable bonds is 4. The lowest BCUT2D eigenvalue weighted by Gasteiger charge is -2.37. The zero-order valence-electron chi connectivity index (χ0n) is 12.5. The van der Waals surface area contributed by atoms with Crippen molar-refractivity contribution in [3.8, 4) is 5.88 Å². The van der Waals surface area contributed by atoms with Gasteiger partial charge in [-0.25, -0.2) is 4.98 Å². The minimum absolute atomic E-state index is 0.479. The van der Waals surface area contributed by atoms with Gasteiger partial charge in [0, 0.05) is 37.6 Å². The molecule has 3 rings (SSSR count). The highest BCUT2D eigenvalue weighted by atomic mass is 16.5. The van der Waals surface area contributed by atoms with Crippen LogP contribution in [0.1, 0.15) is 25.1 Å². The van der Waals surface area contributed by atoms with E-state index in [1.807, 2.05) is 24.7 Å². The monoisotopic (exact) mass is 287 g/mol. The molecule has 112 valence electrons. The molecule has 6 nitrogen and oxygen atoms in total. The predicted molar refractivity (Wildman–Crippen MR) is 78.9 cm³/mol. The van der Waals surface area contributed by atoms with Crippen molar-refractivity contribution in [3.63, 3.8) is 0 Å². The Morgan fingerprint density at radius 2 is 2.24 bits per heavy atom. The van der Waals surface area contributed by atoms with Gasteiger partial charge in [-0.3, -0.25) is 4.90 Å². The smallest absolute Gasteiger partial charge is 0.233 e. The summed E-state index contributed by atoms with van der Waals surface area (Å²) in [6, 6.07) is 4.32. The summed E-state index contributed by atoms with van der Waals surface area (Å²) in [5.41, 5.74) is 0.981. The van der Waals surface area contributed by atoms with E-state index >= 15 is 0 Å². The van der Waals surface area contributed by atoms with Gasteiger partial charge in [0.15, 0.2) is 0 Å². The van der Waals surface area contributed by atoms with E-state index in [2.05, 4.69) is 37.8 Å². The van der Waals surface area contributed by atoms with Crippen molar-refractivity contribution in [1.29, 1.82) is 0 Å². The van der Waals surface area contributed by atoms with Gasteiger partial charge in [0.1, 0.15) is 0 Å². The van der Waals surface area contributed by atoms with E-state index < -0.39 is 0 Å². The summed E-state index contributed by atoms with van der Waals surface area (Å²) >= 11 is 0. The molecule has 0 amide bonds. The van der Waals surface area contributed by atoms with Gasteiger partial charge in [-0.15, -0.1) is 5.10 Å². The third kappa shape index (κ3) is 3.21. The van der Waals surface area contributed by atoms with Crippen LogP contribution in [0.5, 0.6) is 5.88 Å². The van der Waals surface area contributed by atoms with E-state index in [4.69, 9.17) is 4.74 Å². The highest BCUT2D eigenvalue weighted by molar-refractivity contribution is 5.11.